The van der Waals surface area contributed by atoms with Crippen LogP contribution in [0.2, 0.25) is 0 Å². The molecule has 1 fully saturated rings. The summed E-state index contributed by atoms with van der Waals surface area (Å²) in [6.07, 6.45) is 2.20. The summed E-state index contributed by atoms with van der Waals surface area (Å²) in [6.45, 7) is 3.54. The number of hydrogen-bond donors (Lipinski definition) is 3. The quantitative estimate of drug-likeness (QED) is 0.796. The van der Waals surface area contributed by atoms with Crippen LogP contribution in [-0.2, 0) is 4.79 Å². The average Bonchev–Trinajstić information content (AvgIpc) is 2.47. The van der Waals surface area contributed by atoms with Crippen LogP contribution in [0.4, 0.5) is 10.1 Å². The Morgan fingerprint density at radius 2 is 2.05 bits per heavy atom. The molecule has 6 heteroatoms. The molecular weight excluding hydrogens is 275 g/mol. The van der Waals surface area contributed by atoms with Crippen molar-refractivity contribution in [3.05, 3.63) is 29.6 Å². The molecule has 0 spiro atoms. The lowest BCUT2D eigenvalue weighted by Gasteiger charge is -2.35. The second kappa shape index (κ2) is 6.22. The Morgan fingerprint density at radius 1 is 1.38 bits per heavy atom. The van der Waals surface area contributed by atoms with E-state index in [0.29, 0.717) is 0 Å². The van der Waals surface area contributed by atoms with Crippen LogP contribution >= 0.6 is 0 Å². The van der Waals surface area contributed by atoms with Crippen LogP contribution in [0.1, 0.15) is 36.5 Å². The van der Waals surface area contributed by atoms with Crippen molar-refractivity contribution >= 4 is 17.6 Å². The van der Waals surface area contributed by atoms with Gasteiger partial charge in [-0.2, -0.15) is 0 Å². The third-order valence-electron chi connectivity index (χ3n) is 4.18. The normalized spacial score (nSPS) is 17.2. The first kappa shape index (κ1) is 15.4. The van der Waals surface area contributed by atoms with Gasteiger partial charge in [0, 0.05) is 5.69 Å². The Labute approximate surface area is 122 Å². The summed E-state index contributed by atoms with van der Waals surface area (Å²) in [7, 11) is 0. The van der Waals surface area contributed by atoms with E-state index in [-0.39, 0.29) is 11.6 Å². The molecule has 0 aliphatic carbocycles. The molecule has 1 aliphatic rings. The number of hydrogen-bond acceptors (Lipinski definition) is 3. The van der Waals surface area contributed by atoms with Crippen LogP contribution in [0.5, 0.6) is 0 Å². The number of carboxylic acid groups (broad SMARTS) is 1. The fraction of sp³-hybridized carbons (Fsp3) is 0.467. The van der Waals surface area contributed by atoms with Crippen LogP contribution < -0.4 is 10.6 Å². The number of benzene rings is 1. The molecule has 1 aromatic carbocycles. The van der Waals surface area contributed by atoms with Gasteiger partial charge in [0.2, 0.25) is 5.91 Å². The third kappa shape index (κ3) is 3.21. The van der Waals surface area contributed by atoms with Gasteiger partial charge >= 0.3 is 5.97 Å². The zero-order chi connectivity index (χ0) is 15.5. The Balaban J connectivity index is 2.15. The lowest BCUT2D eigenvalue weighted by molar-refractivity contribution is -0.127. The minimum atomic E-state index is -1.33. The molecule has 1 aliphatic heterocycles. The van der Waals surface area contributed by atoms with Gasteiger partial charge in [0.1, 0.15) is 5.82 Å². The number of aromatic carboxylic acids is 1. The predicted molar refractivity (Wildman–Crippen MR) is 76.8 cm³/mol. The van der Waals surface area contributed by atoms with Crippen LogP contribution in [-0.4, -0.2) is 30.1 Å². The average molecular weight is 294 g/mol. The van der Waals surface area contributed by atoms with E-state index in [1.54, 1.807) is 0 Å². The molecule has 0 bridgehead atoms. The molecule has 5 nitrogen and oxygen atoms in total. The predicted octanol–water partition coefficient (Wildman–Crippen LogP) is 2.24. The van der Waals surface area contributed by atoms with E-state index in [1.807, 2.05) is 6.92 Å². The number of carbonyl (C=O) groups excluding carboxylic acids is 1. The number of halogens is 1. The van der Waals surface area contributed by atoms with Crippen molar-refractivity contribution in [2.45, 2.75) is 26.2 Å². The van der Waals surface area contributed by atoms with Gasteiger partial charge in [-0.25, -0.2) is 9.18 Å². The molecule has 0 saturated carbocycles. The molecule has 1 saturated heterocycles. The maximum atomic E-state index is 13.6. The topological polar surface area (TPSA) is 78.4 Å². The minimum Gasteiger partial charge on any atom is -0.478 e. The Hall–Kier alpha value is -1.95. The number of amides is 1. The Kier molecular flexibility index (Phi) is 4.57. The first-order valence-corrected chi connectivity index (χ1v) is 7.03. The summed E-state index contributed by atoms with van der Waals surface area (Å²) >= 11 is 0. The van der Waals surface area contributed by atoms with Gasteiger partial charge in [0.15, 0.2) is 0 Å². The van der Waals surface area contributed by atoms with Crippen LogP contribution in [0, 0.1) is 11.2 Å². The molecule has 2 rings (SSSR count). The van der Waals surface area contributed by atoms with Crippen LogP contribution in [0.15, 0.2) is 18.2 Å². The number of piperidine rings is 1. The maximum absolute atomic E-state index is 13.6. The first-order chi connectivity index (χ1) is 9.98. The zero-order valence-electron chi connectivity index (χ0n) is 11.9. The van der Waals surface area contributed by atoms with E-state index in [0.717, 1.165) is 44.5 Å². The highest BCUT2D eigenvalue weighted by atomic mass is 19.1. The van der Waals surface area contributed by atoms with Crippen molar-refractivity contribution in [1.82, 2.24) is 5.32 Å². The molecule has 0 atom stereocenters. The molecule has 0 radical (unpaired) electrons. The van der Waals surface area contributed by atoms with Gasteiger partial charge in [0.05, 0.1) is 11.0 Å². The summed E-state index contributed by atoms with van der Waals surface area (Å²) in [5, 5.41) is 14.7. The van der Waals surface area contributed by atoms with E-state index in [4.69, 9.17) is 5.11 Å². The fourth-order valence-corrected chi connectivity index (χ4v) is 2.68. The largest absolute Gasteiger partial charge is 0.478 e. The highest BCUT2D eigenvalue weighted by molar-refractivity contribution is 5.96. The molecule has 1 amide bonds. The smallest absolute Gasteiger partial charge is 0.338 e. The molecule has 0 unspecified atom stereocenters. The van der Waals surface area contributed by atoms with E-state index in [2.05, 4.69) is 10.6 Å². The van der Waals surface area contributed by atoms with Crippen LogP contribution in [0.3, 0.4) is 0 Å². The second-order valence-electron chi connectivity index (χ2n) is 5.34. The monoisotopic (exact) mass is 294 g/mol. The summed E-state index contributed by atoms with van der Waals surface area (Å²) in [5.41, 5.74) is -0.554. The number of carboxylic acids is 1. The molecule has 0 aromatic heterocycles. The standard InChI is InChI=1S/C15H19FN2O3/c1-2-15(5-7-17-8-6-15)14(21)18-10-3-4-11(13(19)20)12(16)9-10/h3-4,9,17H,2,5-8H2,1H3,(H,18,21)(H,19,20). The summed E-state index contributed by atoms with van der Waals surface area (Å²) in [5.74, 6) is -2.31. The van der Waals surface area contributed by atoms with Crippen molar-refractivity contribution in [3.63, 3.8) is 0 Å². The first-order valence-electron chi connectivity index (χ1n) is 7.03. The number of carbonyl (C=O) groups is 2. The van der Waals surface area contributed by atoms with E-state index >= 15 is 0 Å². The van der Waals surface area contributed by atoms with Gasteiger partial charge in [-0.15, -0.1) is 0 Å². The summed E-state index contributed by atoms with van der Waals surface area (Å²) < 4.78 is 13.6. The molecule has 1 aromatic rings. The van der Waals surface area contributed by atoms with Crippen molar-refractivity contribution in [3.8, 4) is 0 Å². The van der Waals surface area contributed by atoms with E-state index in [9.17, 15) is 14.0 Å². The summed E-state index contributed by atoms with van der Waals surface area (Å²) in [6, 6.07) is 3.62. The number of nitrogens with one attached hydrogen (secondary N) is 2. The van der Waals surface area contributed by atoms with Gasteiger partial charge in [0.25, 0.3) is 0 Å². The number of rotatable bonds is 4. The van der Waals surface area contributed by atoms with Crippen molar-refractivity contribution < 1.29 is 19.1 Å². The maximum Gasteiger partial charge on any atom is 0.338 e. The van der Waals surface area contributed by atoms with Gasteiger partial charge in [-0.05, 0) is 50.6 Å². The van der Waals surface area contributed by atoms with Crippen molar-refractivity contribution in [2.75, 3.05) is 18.4 Å². The zero-order valence-corrected chi connectivity index (χ0v) is 11.9. The highest BCUT2D eigenvalue weighted by Gasteiger charge is 2.37. The second-order valence-corrected chi connectivity index (χ2v) is 5.34. The number of anilines is 1. The van der Waals surface area contributed by atoms with Gasteiger partial charge in [-0.1, -0.05) is 6.92 Å². The molecule has 1 heterocycles. The SMILES string of the molecule is CCC1(C(=O)Nc2ccc(C(=O)O)c(F)c2)CCNCC1. The highest BCUT2D eigenvalue weighted by Crippen LogP contribution is 2.34. The van der Waals surface area contributed by atoms with Gasteiger partial charge in [-0.3, -0.25) is 4.79 Å². The summed E-state index contributed by atoms with van der Waals surface area (Å²) in [4.78, 5) is 23.2. The minimum absolute atomic E-state index is 0.131. The van der Waals surface area contributed by atoms with Gasteiger partial charge < -0.3 is 15.7 Å². The Morgan fingerprint density at radius 3 is 2.57 bits per heavy atom. The third-order valence-corrected chi connectivity index (χ3v) is 4.18. The van der Waals surface area contributed by atoms with Crippen molar-refractivity contribution in [1.29, 1.82) is 0 Å². The molecular formula is C15H19FN2O3. The molecule has 114 valence electrons. The van der Waals surface area contributed by atoms with E-state index < -0.39 is 22.8 Å². The molecule has 3 N–H and O–H groups in total. The Bertz CT molecular complexity index is 554. The van der Waals surface area contributed by atoms with E-state index in [1.165, 1.54) is 6.07 Å². The van der Waals surface area contributed by atoms with Crippen molar-refractivity contribution in [2.24, 2.45) is 5.41 Å². The molecule has 21 heavy (non-hydrogen) atoms. The lowest BCUT2D eigenvalue weighted by atomic mass is 9.76. The fourth-order valence-electron chi connectivity index (χ4n) is 2.68. The lowest BCUT2D eigenvalue weighted by Crippen LogP contribution is -2.44. The van der Waals surface area contributed by atoms with Crippen LogP contribution in [0.25, 0.3) is 0 Å².